The lowest BCUT2D eigenvalue weighted by Gasteiger charge is -2.23. The molecule has 132 valence electrons. The quantitative estimate of drug-likeness (QED) is 0.474. The SMILES string of the molecule is Cc1sc2ncnc(NC3CCCCC3)c2c1-c1cc2ccccc2o1. The Hall–Kier alpha value is -2.40. The highest BCUT2D eigenvalue weighted by Crippen LogP contribution is 2.42. The number of aromatic nitrogens is 2. The van der Waals surface area contributed by atoms with Crippen LogP contribution in [-0.2, 0) is 0 Å². The van der Waals surface area contributed by atoms with Gasteiger partial charge in [0.15, 0.2) is 0 Å². The molecule has 3 aromatic heterocycles. The fourth-order valence-electron chi connectivity index (χ4n) is 4.00. The van der Waals surface area contributed by atoms with E-state index in [0.29, 0.717) is 6.04 Å². The Bertz CT molecular complexity index is 1040. The summed E-state index contributed by atoms with van der Waals surface area (Å²) in [5.74, 6) is 1.85. The Morgan fingerprint density at radius 2 is 1.96 bits per heavy atom. The number of benzene rings is 1. The first-order valence-corrected chi connectivity index (χ1v) is 10.1. The largest absolute Gasteiger partial charge is 0.456 e. The van der Waals surface area contributed by atoms with E-state index in [2.05, 4.69) is 34.3 Å². The predicted molar refractivity (Wildman–Crippen MR) is 108 cm³/mol. The molecule has 0 bridgehead atoms. The van der Waals surface area contributed by atoms with E-state index in [0.717, 1.165) is 38.3 Å². The predicted octanol–water partition coefficient (Wildman–Crippen LogP) is 6.16. The minimum Gasteiger partial charge on any atom is -0.456 e. The third kappa shape index (κ3) is 2.67. The number of aryl methyl sites for hydroxylation is 1. The maximum absolute atomic E-state index is 6.17. The molecule has 4 nitrogen and oxygen atoms in total. The molecular weight excluding hydrogens is 342 g/mol. The van der Waals surface area contributed by atoms with Crippen molar-refractivity contribution in [3.8, 4) is 11.3 Å². The second kappa shape index (κ2) is 6.40. The van der Waals surface area contributed by atoms with Crippen LogP contribution in [0.2, 0.25) is 0 Å². The molecule has 0 spiro atoms. The van der Waals surface area contributed by atoms with Crippen molar-refractivity contribution in [2.45, 2.75) is 45.1 Å². The van der Waals surface area contributed by atoms with Crippen molar-refractivity contribution in [3.05, 3.63) is 41.5 Å². The molecular formula is C21H21N3OS. The van der Waals surface area contributed by atoms with E-state index in [1.165, 1.54) is 37.0 Å². The van der Waals surface area contributed by atoms with Crippen molar-refractivity contribution < 1.29 is 4.42 Å². The van der Waals surface area contributed by atoms with Gasteiger partial charge in [0.25, 0.3) is 0 Å². The molecule has 0 unspecified atom stereocenters. The van der Waals surface area contributed by atoms with E-state index in [-0.39, 0.29) is 0 Å². The van der Waals surface area contributed by atoms with Gasteiger partial charge >= 0.3 is 0 Å². The van der Waals surface area contributed by atoms with E-state index < -0.39 is 0 Å². The van der Waals surface area contributed by atoms with Crippen LogP contribution in [-0.4, -0.2) is 16.0 Å². The molecule has 1 saturated carbocycles. The molecule has 1 aromatic carbocycles. The van der Waals surface area contributed by atoms with Crippen molar-refractivity contribution in [1.29, 1.82) is 0 Å². The number of anilines is 1. The first kappa shape index (κ1) is 15.8. The van der Waals surface area contributed by atoms with Gasteiger partial charge in [0, 0.05) is 21.9 Å². The number of furan rings is 1. The molecule has 1 fully saturated rings. The average Bonchev–Trinajstić information content (AvgIpc) is 3.22. The molecule has 1 aliphatic carbocycles. The van der Waals surface area contributed by atoms with Gasteiger partial charge < -0.3 is 9.73 Å². The van der Waals surface area contributed by atoms with Crippen LogP contribution in [0.25, 0.3) is 32.5 Å². The Morgan fingerprint density at radius 1 is 1.12 bits per heavy atom. The summed E-state index contributed by atoms with van der Waals surface area (Å²) in [4.78, 5) is 11.4. The number of nitrogens with one attached hydrogen (secondary N) is 1. The summed E-state index contributed by atoms with van der Waals surface area (Å²) in [5.41, 5.74) is 2.04. The van der Waals surface area contributed by atoms with Crippen LogP contribution in [0.15, 0.2) is 41.1 Å². The first-order chi connectivity index (χ1) is 12.8. The van der Waals surface area contributed by atoms with E-state index in [1.54, 1.807) is 17.7 Å². The molecule has 0 aliphatic heterocycles. The standard InChI is InChI=1S/C21H21N3OS/c1-13-18(17-11-14-7-5-6-10-16(14)25-17)19-20(22-12-23-21(19)26-13)24-15-8-3-2-4-9-15/h5-7,10-12,15H,2-4,8-9H2,1H3,(H,22,23,24). The molecule has 0 amide bonds. The fraction of sp³-hybridized carbons (Fsp3) is 0.333. The van der Waals surface area contributed by atoms with Crippen molar-refractivity contribution in [1.82, 2.24) is 9.97 Å². The number of hydrogen-bond donors (Lipinski definition) is 1. The van der Waals surface area contributed by atoms with Crippen LogP contribution >= 0.6 is 11.3 Å². The zero-order chi connectivity index (χ0) is 17.5. The number of nitrogens with zero attached hydrogens (tertiary/aromatic N) is 2. The average molecular weight is 363 g/mol. The highest BCUT2D eigenvalue weighted by atomic mass is 32.1. The van der Waals surface area contributed by atoms with Gasteiger partial charge in [-0.15, -0.1) is 11.3 Å². The molecule has 26 heavy (non-hydrogen) atoms. The van der Waals surface area contributed by atoms with Gasteiger partial charge in [0.2, 0.25) is 0 Å². The lowest BCUT2D eigenvalue weighted by molar-refractivity contribution is 0.462. The number of hydrogen-bond acceptors (Lipinski definition) is 5. The minimum absolute atomic E-state index is 0.505. The minimum atomic E-state index is 0.505. The summed E-state index contributed by atoms with van der Waals surface area (Å²) in [6.07, 6.45) is 8.05. The maximum atomic E-state index is 6.17. The van der Waals surface area contributed by atoms with E-state index in [1.807, 2.05) is 18.2 Å². The van der Waals surface area contributed by atoms with Crippen LogP contribution in [0.5, 0.6) is 0 Å². The highest BCUT2D eigenvalue weighted by molar-refractivity contribution is 7.19. The lowest BCUT2D eigenvalue weighted by Crippen LogP contribution is -2.22. The van der Waals surface area contributed by atoms with Crippen molar-refractivity contribution in [2.24, 2.45) is 0 Å². The number of rotatable bonds is 3. The summed E-state index contributed by atoms with van der Waals surface area (Å²) in [5, 5.41) is 5.92. The monoisotopic (exact) mass is 363 g/mol. The van der Waals surface area contributed by atoms with Gasteiger partial charge in [-0.1, -0.05) is 37.5 Å². The zero-order valence-electron chi connectivity index (χ0n) is 14.8. The first-order valence-electron chi connectivity index (χ1n) is 9.29. The highest BCUT2D eigenvalue weighted by Gasteiger charge is 2.22. The van der Waals surface area contributed by atoms with Crippen LogP contribution < -0.4 is 5.32 Å². The Balaban J connectivity index is 1.65. The lowest BCUT2D eigenvalue weighted by atomic mass is 9.95. The van der Waals surface area contributed by atoms with Gasteiger partial charge in [-0.25, -0.2) is 9.97 Å². The summed E-state index contributed by atoms with van der Waals surface area (Å²) < 4.78 is 6.17. The molecule has 0 saturated heterocycles. The van der Waals surface area contributed by atoms with Gasteiger partial charge in [-0.3, -0.25) is 0 Å². The van der Waals surface area contributed by atoms with Crippen molar-refractivity contribution >= 4 is 38.3 Å². The van der Waals surface area contributed by atoms with Crippen LogP contribution in [0.4, 0.5) is 5.82 Å². The molecule has 4 aromatic rings. The molecule has 0 atom stereocenters. The summed E-state index contributed by atoms with van der Waals surface area (Å²) in [6.45, 7) is 2.14. The van der Waals surface area contributed by atoms with Crippen molar-refractivity contribution in [3.63, 3.8) is 0 Å². The van der Waals surface area contributed by atoms with Crippen LogP contribution in [0.1, 0.15) is 37.0 Å². The van der Waals surface area contributed by atoms with Crippen LogP contribution in [0, 0.1) is 6.92 Å². The summed E-state index contributed by atoms with van der Waals surface area (Å²) in [6, 6.07) is 10.8. The second-order valence-electron chi connectivity index (χ2n) is 7.06. The molecule has 1 N–H and O–H groups in total. The van der Waals surface area contributed by atoms with Gasteiger partial charge in [-0.05, 0) is 31.9 Å². The Labute approximate surface area is 156 Å². The van der Waals surface area contributed by atoms with Crippen LogP contribution in [0.3, 0.4) is 0 Å². The zero-order valence-corrected chi connectivity index (χ0v) is 15.6. The Kier molecular flexibility index (Phi) is 3.89. The Morgan fingerprint density at radius 3 is 2.81 bits per heavy atom. The molecule has 0 radical (unpaired) electrons. The molecule has 3 heterocycles. The van der Waals surface area contributed by atoms with E-state index >= 15 is 0 Å². The summed E-state index contributed by atoms with van der Waals surface area (Å²) >= 11 is 1.71. The normalized spacial score (nSPS) is 15.7. The fourth-order valence-corrected chi connectivity index (χ4v) is 4.99. The number of fused-ring (bicyclic) bond motifs is 2. The van der Waals surface area contributed by atoms with Gasteiger partial charge in [0.05, 0.1) is 5.39 Å². The van der Waals surface area contributed by atoms with Gasteiger partial charge in [0.1, 0.15) is 28.3 Å². The smallest absolute Gasteiger partial charge is 0.139 e. The third-order valence-corrected chi connectivity index (χ3v) is 6.30. The van der Waals surface area contributed by atoms with E-state index in [4.69, 9.17) is 4.42 Å². The number of para-hydroxylation sites is 1. The number of thiophene rings is 1. The topological polar surface area (TPSA) is 51.0 Å². The van der Waals surface area contributed by atoms with Crippen molar-refractivity contribution in [2.75, 3.05) is 5.32 Å². The third-order valence-electron chi connectivity index (χ3n) is 5.28. The maximum Gasteiger partial charge on any atom is 0.139 e. The molecule has 5 heteroatoms. The van der Waals surface area contributed by atoms with E-state index in [9.17, 15) is 0 Å². The molecule has 5 rings (SSSR count). The summed E-state index contributed by atoms with van der Waals surface area (Å²) in [7, 11) is 0. The second-order valence-corrected chi connectivity index (χ2v) is 8.27. The van der Waals surface area contributed by atoms with Gasteiger partial charge in [-0.2, -0.15) is 0 Å². The molecule has 1 aliphatic rings.